The number of alkyl halides is 3. The van der Waals surface area contributed by atoms with Crippen molar-refractivity contribution < 1.29 is 18.3 Å². The van der Waals surface area contributed by atoms with Crippen LogP contribution in [-0.4, -0.2) is 35.9 Å². The maximum absolute atomic E-state index is 14.1. The van der Waals surface area contributed by atoms with E-state index in [9.17, 15) is 18.3 Å². The molecule has 0 radical (unpaired) electrons. The number of benzene rings is 1. The number of hydrogen-bond acceptors (Lipinski definition) is 3. The van der Waals surface area contributed by atoms with Crippen LogP contribution in [0, 0.1) is 17.8 Å². The van der Waals surface area contributed by atoms with Crippen molar-refractivity contribution in [2.24, 2.45) is 5.92 Å². The van der Waals surface area contributed by atoms with Crippen molar-refractivity contribution in [1.82, 2.24) is 5.32 Å². The topological polar surface area (TPSA) is 32.3 Å². The van der Waals surface area contributed by atoms with Crippen LogP contribution in [0.2, 0.25) is 0 Å². The van der Waals surface area contributed by atoms with Gasteiger partial charge < -0.3 is 5.11 Å². The van der Waals surface area contributed by atoms with Gasteiger partial charge in [0, 0.05) is 22.2 Å². The third-order valence-electron chi connectivity index (χ3n) is 3.75. The predicted octanol–water partition coefficient (Wildman–Crippen LogP) is 3.93. The van der Waals surface area contributed by atoms with Crippen molar-refractivity contribution >= 4 is 27.7 Å². The van der Waals surface area contributed by atoms with Gasteiger partial charge in [-0.15, -0.1) is 0 Å². The number of rotatable bonds is 6. The zero-order chi connectivity index (χ0) is 17.8. The predicted molar refractivity (Wildman–Crippen MR) is 94.8 cm³/mol. The minimum Gasteiger partial charge on any atom is -0.395 e. The van der Waals surface area contributed by atoms with E-state index >= 15 is 0 Å². The Bertz CT molecular complexity index is 607. The highest BCUT2D eigenvalue weighted by molar-refractivity contribution is 9.10. The van der Waals surface area contributed by atoms with E-state index in [-0.39, 0.29) is 18.1 Å². The number of aliphatic hydroxyl groups is 1. The van der Waals surface area contributed by atoms with E-state index < -0.39 is 17.8 Å². The molecule has 0 heterocycles. The van der Waals surface area contributed by atoms with Crippen LogP contribution in [0.4, 0.5) is 13.2 Å². The molecule has 2 nitrogen and oxygen atoms in total. The van der Waals surface area contributed by atoms with Crippen molar-refractivity contribution in [2.75, 3.05) is 18.6 Å². The summed E-state index contributed by atoms with van der Waals surface area (Å²) in [5, 5.41) is 12.1. The van der Waals surface area contributed by atoms with Crippen molar-refractivity contribution in [3.8, 4) is 11.8 Å². The molecule has 1 aliphatic rings. The normalized spacial score (nSPS) is 18.4. The van der Waals surface area contributed by atoms with Crippen LogP contribution in [0.1, 0.15) is 18.4 Å². The number of hydrogen-bond donors (Lipinski definition) is 2. The number of thioether (sulfide) groups is 1. The maximum Gasteiger partial charge on any atom is 0.422 e. The highest BCUT2D eigenvalue weighted by Crippen LogP contribution is 2.40. The molecule has 24 heavy (non-hydrogen) atoms. The Morgan fingerprint density at radius 3 is 2.42 bits per heavy atom. The molecule has 0 saturated heterocycles. The smallest absolute Gasteiger partial charge is 0.395 e. The van der Waals surface area contributed by atoms with Crippen LogP contribution in [-0.2, 0) is 5.54 Å². The zero-order valence-corrected chi connectivity index (χ0v) is 15.6. The molecule has 1 fully saturated rings. The van der Waals surface area contributed by atoms with Gasteiger partial charge in [0.2, 0.25) is 5.54 Å². The van der Waals surface area contributed by atoms with E-state index in [0.29, 0.717) is 10.2 Å². The first-order chi connectivity index (χ1) is 11.3. The molecule has 1 saturated carbocycles. The second-order valence-corrected chi connectivity index (χ2v) is 7.60. The van der Waals surface area contributed by atoms with Gasteiger partial charge in [-0.3, -0.25) is 5.32 Å². The Morgan fingerprint density at radius 1 is 1.33 bits per heavy atom. The molecule has 1 aliphatic carbocycles. The summed E-state index contributed by atoms with van der Waals surface area (Å²) in [6.07, 6.45) is -1.14. The highest BCUT2D eigenvalue weighted by atomic mass is 79.9. The lowest BCUT2D eigenvalue weighted by atomic mass is 9.88. The molecule has 132 valence electrons. The van der Waals surface area contributed by atoms with Crippen LogP contribution >= 0.6 is 27.7 Å². The minimum atomic E-state index is -4.62. The molecule has 0 amide bonds. The first-order valence-corrected chi connectivity index (χ1v) is 9.74. The summed E-state index contributed by atoms with van der Waals surface area (Å²) in [5.41, 5.74) is -2.45. The Balaban J connectivity index is 2.50. The second-order valence-electron chi connectivity index (χ2n) is 5.78. The molecule has 0 aromatic heterocycles. The van der Waals surface area contributed by atoms with E-state index in [1.54, 1.807) is 18.4 Å². The Labute approximate surface area is 152 Å². The molecule has 0 unspecified atom stereocenters. The van der Waals surface area contributed by atoms with Gasteiger partial charge in [0.25, 0.3) is 0 Å². The number of aliphatic hydroxyl groups excluding tert-OH is 1. The lowest BCUT2D eigenvalue weighted by molar-refractivity contribution is -0.184. The molecule has 0 bridgehead atoms. The van der Waals surface area contributed by atoms with Crippen LogP contribution in [0.5, 0.6) is 0 Å². The quantitative estimate of drug-likeness (QED) is 0.682. The summed E-state index contributed by atoms with van der Waals surface area (Å²) in [6.45, 7) is -0.389. The van der Waals surface area contributed by atoms with E-state index in [1.807, 2.05) is 0 Å². The number of nitrogens with one attached hydrogen (secondary N) is 1. The molecule has 7 heteroatoms. The first kappa shape index (κ1) is 19.6. The Hall–Kier alpha value is -0.680. The van der Waals surface area contributed by atoms with Crippen LogP contribution < -0.4 is 5.32 Å². The second kappa shape index (κ2) is 8.13. The van der Waals surface area contributed by atoms with Gasteiger partial charge in [0.15, 0.2) is 0 Å². The van der Waals surface area contributed by atoms with Gasteiger partial charge in [-0.1, -0.05) is 39.9 Å². The average Bonchev–Trinajstić information content (AvgIpc) is 3.34. The standard InChI is InChI=1S/C17H19BrF3NOS/c1-24-11-15(10-23)22-16(17(19,20)21,9-8-12-2-3-12)13-4-6-14(18)7-5-13/h4-7,12,15,22-23H,2-3,10-11H2,1H3/t15-,16+/m1/s1. The SMILES string of the molecule is CSC[C@@H](CO)N[C@@](C#CC1CC1)(c1ccc(Br)cc1)C(F)(F)F. The fraction of sp³-hybridized carbons (Fsp3) is 0.529. The molecule has 2 N–H and O–H groups in total. The molecule has 2 rings (SSSR count). The summed E-state index contributed by atoms with van der Waals surface area (Å²) in [4.78, 5) is 0. The lowest BCUT2D eigenvalue weighted by Crippen LogP contribution is -2.58. The fourth-order valence-electron chi connectivity index (χ4n) is 2.29. The van der Waals surface area contributed by atoms with Gasteiger partial charge in [-0.25, -0.2) is 0 Å². The van der Waals surface area contributed by atoms with E-state index in [2.05, 4.69) is 33.1 Å². The van der Waals surface area contributed by atoms with Gasteiger partial charge in [-0.2, -0.15) is 24.9 Å². The maximum atomic E-state index is 14.1. The molecule has 1 aromatic carbocycles. The summed E-state index contributed by atoms with van der Waals surface area (Å²) >= 11 is 4.62. The summed E-state index contributed by atoms with van der Waals surface area (Å²) in [6, 6.07) is 5.26. The molecule has 2 atom stereocenters. The first-order valence-electron chi connectivity index (χ1n) is 7.55. The fourth-order valence-corrected chi connectivity index (χ4v) is 3.15. The van der Waals surface area contributed by atoms with Crippen molar-refractivity contribution in [3.63, 3.8) is 0 Å². The zero-order valence-electron chi connectivity index (χ0n) is 13.2. The van der Waals surface area contributed by atoms with Gasteiger partial charge >= 0.3 is 6.18 Å². The highest BCUT2D eigenvalue weighted by Gasteiger charge is 2.56. The third kappa shape index (κ3) is 4.69. The Kier molecular flexibility index (Phi) is 6.66. The van der Waals surface area contributed by atoms with E-state index in [0.717, 1.165) is 12.8 Å². The van der Waals surface area contributed by atoms with Gasteiger partial charge in [0.1, 0.15) is 0 Å². The average molecular weight is 422 g/mol. The van der Waals surface area contributed by atoms with Crippen LogP contribution in [0.25, 0.3) is 0 Å². The molecular formula is C17H19BrF3NOS. The third-order valence-corrected chi connectivity index (χ3v) is 5.02. The monoisotopic (exact) mass is 421 g/mol. The van der Waals surface area contributed by atoms with Crippen molar-refractivity contribution in [2.45, 2.75) is 30.6 Å². The van der Waals surface area contributed by atoms with Gasteiger partial charge in [0.05, 0.1) is 6.61 Å². The number of halogens is 4. The minimum absolute atomic E-state index is 0.0332. The van der Waals surface area contributed by atoms with E-state index in [1.165, 1.54) is 23.9 Å². The largest absolute Gasteiger partial charge is 0.422 e. The molecular weight excluding hydrogens is 403 g/mol. The summed E-state index contributed by atoms with van der Waals surface area (Å²) in [7, 11) is 0. The lowest BCUT2D eigenvalue weighted by Gasteiger charge is -2.35. The summed E-state index contributed by atoms with van der Waals surface area (Å²) < 4.78 is 43.0. The van der Waals surface area contributed by atoms with E-state index in [4.69, 9.17) is 0 Å². The molecule has 0 aliphatic heterocycles. The molecule has 1 aromatic rings. The van der Waals surface area contributed by atoms with Gasteiger partial charge in [-0.05, 0) is 36.8 Å². The van der Waals surface area contributed by atoms with Crippen LogP contribution in [0.3, 0.4) is 0 Å². The Morgan fingerprint density at radius 2 is 1.96 bits per heavy atom. The molecule has 0 spiro atoms. The summed E-state index contributed by atoms with van der Waals surface area (Å²) in [5.74, 6) is 5.62. The van der Waals surface area contributed by atoms with Crippen LogP contribution in [0.15, 0.2) is 28.7 Å². The van der Waals surface area contributed by atoms with Crippen molar-refractivity contribution in [3.05, 3.63) is 34.3 Å². The van der Waals surface area contributed by atoms with Crippen molar-refractivity contribution in [1.29, 1.82) is 0 Å².